The summed E-state index contributed by atoms with van der Waals surface area (Å²) >= 11 is 0. The Hall–Kier alpha value is -2.29. The zero-order chi connectivity index (χ0) is 16.7. The Labute approximate surface area is 158 Å². The normalized spacial score (nSPS) is 10.6. The van der Waals surface area contributed by atoms with Crippen molar-refractivity contribution >= 4 is 41.5 Å². The van der Waals surface area contributed by atoms with Crippen molar-refractivity contribution in [1.29, 1.82) is 0 Å². The molecule has 2 aromatic rings. The van der Waals surface area contributed by atoms with Crippen LogP contribution < -0.4 is 16.4 Å². The highest BCUT2D eigenvalue weighted by Crippen LogP contribution is 2.12. The van der Waals surface area contributed by atoms with Crippen LogP contribution in [0, 0.1) is 0 Å². The standard InChI is InChI=1S/C17H20N4O2.HI/c1-12(2)10-19-17(18)20-11-13-5-7-14(8-6-13)21-16(22)15-4-3-9-23-15;/h3-9H,1,10-11H2,2H3,(H,21,22)(H3,18,19,20);1H. The third-order valence-electron chi connectivity index (χ3n) is 2.96. The number of rotatable bonds is 6. The Kier molecular flexibility index (Phi) is 8.03. The van der Waals surface area contributed by atoms with Gasteiger partial charge in [-0.15, -0.1) is 24.0 Å². The number of guanidine groups is 1. The van der Waals surface area contributed by atoms with Crippen molar-refractivity contribution in [3.8, 4) is 0 Å². The van der Waals surface area contributed by atoms with Crippen LogP contribution in [0.1, 0.15) is 23.0 Å². The quantitative estimate of drug-likeness (QED) is 0.279. The fourth-order valence-corrected chi connectivity index (χ4v) is 1.77. The number of amides is 1. The van der Waals surface area contributed by atoms with E-state index in [9.17, 15) is 4.79 Å². The summed E-state index contributed by atoms with van der Waals surface area (Å²) in [6.07, 6.45) is 1.46. The summed E-state index contributed by atoms with van der Waals surface area (Å²) in [5.74, 6) is 0.368. The monoisotopic (exact) mass is 440 g/mol. The number of anilines is 1. The van der Waals surface area contributed by atoms with E-state index >= 15 is 0 Å². The van der Waals surface area contributed by atoms with Crippen LogP contribution in [0.3, 0.4) is 0 Å². The van der Waals surface area contributed by atoms with E-state index in [2.05, 4.69) is 22.2 Å². The molecule has 24 heavy (non-hydrogen) atoms. The molecule has 0 bridgehead atoms. The molecule has 7 heteroatoms. The lowest BCUT2D eigenvalue weighted by Gasteiger charge is -2.06. The van der Waals surface area contributed by atoms with Crippen molar-refractivity contribution in [1.82, 2.24) is 5.32 Å². The maximum absolute atomic E-state index is 11.8. The molecule has 6 nitrogen and oxygen atoms in total. The number of nitrogens with one attached hydrogen (secondary N) is 2. The highest BCUT2D eigenvalue weighted by atomic mass is 127. The first-order valence-corrected chi connectivity index (χ1v) is 7.16. The van der Waals surface area contributed by atoms with Gasteiger partial charge in [-0.3, -0.25) is 4.79 Å². The molecule has 0 fully saturated rings. The van der Waals surface area contributed by atoms with E-state index in [1.807, 2.05) is 31.2 Å². The van der Waals surface area contributed by atoms with Gasteiger partial charge in [0.25, 0.3) is 5.91 Å². The molecule has 1 amide bonds. The number of aliphatic imine (C=N–C) groups is 1. The van der Waals surface area contributed by atoms with Crippen LogP contribution in [0.15, 0.2) is 64.2 Å². The van der Waals surface area contributed by atoms with Gasteiger partial charge in [-0.05, 0) is 36.8 Å². The predicted molar refractivity (Wildman–Crippen MR) is 107 cm³/mol. The van der Waals surface area contributed by atoms with Crippen molar-refractivity contribution < 1.29 is 9.21 Å². The maximum atomic E-state index is 11.8. The molecule has 0 radical (unpaired) electrons. The lowest BCUT2D eigenvalue weighted by molar-refractivity contribution is 0.0996. The second-order valence-corrected chi connectivity index (χ2v) is 5.14. The molecular weight excluding hydrogens is 419 g/mol. The number of hydrogen-bond donors (Lipinski definition) is 3. The summed E-state index contributed by atoms with van der Waals surface area (Å²) in [5, 5.41) is 5.72. The van der Waals surface area contributed by atoms with Gasteiger partial charge in [-0.1, -0.05) is 24.3 Å². The van der Waals surface area contributed by atoms with E-state index in [-0.39, 0.29) is 35.6 Å². The summed E-state index contributed by atoms with van der Waals surface area (Å²) in [6.45, 7) is 6.76. The zero-order valence-electron chi connectivity index (χ0n) is 13.4. The van der Waals surface area contributed by atoms with E-state index in [0.29, 0.717) is 24.7 Å². The fraction of sp³-hybridized carbons (Fsp3) is 0.176. The van der Waals surface area contributed by atoms with Crippen molar-refractivity contribution in [2.45, 2.75) is 13.5 Å². The summed E-state index contributed by atoms with van der Waals surface area (Å²) < 4.78 is 5.04. The Balaban J connectivity index is 0.00000288. The van der Waals surface area contributed by atoms with Gasteiger partial charge in [0.15, 0.2) is 11.7 Å². The number of carbonyl (C=O) groups is 1. The molecule has 0 spiro atoms. The molecule has 0 saturated carbocycles. The molecule has 0 aliphatic heterocycles. The number of hydrogen-bond acceptors (Lipinski definition) is 3. The molecular formula is C17H21IN4O2. The maximum Gasteiger partial charge on any atom is 0.291 e. The first-order valence-electron chi connectivity index (χ1n) is 7.16. The molecule has 0 aliphatic carbocycles. The number of halogens is 1. The van der Waals surface area contributed by atoms with Gasteiger partial charge in [0.2, 0.25) is 0 Å². The number of carbonyl (C=O) groups excluding carboxylic acids is 1. The Morgan fingerprint density at radius 3 is 2.58 bits per heavy atom. The largest absolute Gasteiger partial charge is 0.459 e. The Bertz CT molecular complexity index is 694. The lowest BCUT2D eigenvalue weighted by Crippen LogP contribution is -2.32. The van der Waals surface area contributed by atoms with Crippen LogP contribution in [-0.4, -0.2) is 18.4 Å². The highest BCUT2D eigenvalue weighted by Gasteiger charge is 2.08. The molecule has 4 N–H and O–H groups in total. The van der Waals surface area contributed by atoms with Gasteiger partial charge in [-0.25, -0.2) is 4.99 Å². The summed E-state index contributed by atoms with van der Waals surface area (Å²) in [6, 6.07) is 10.7. The minimum atomic E-state index is -0.283. The number of benzene rings is 1. The molecule has 2 rings (SSSR count). The molecule has 0 saturated heterocycles. The van der Waals surface area contributed by atoms with E-state index in [4.69, 9.17) is 10.2 Å². The van der Waals surface area contributed by atoms with Crippen LogP contribution in [0.5, 0.6) is 0 Å². The summed E-state index contributed by atoms with van der Waals surface area (Å²) in [5.41, 5.74) is 8.41. The average Bonchev–Trinajstić information content (AvgIpc) is 3.07. The van der Waals surface area contributed by atoms with Gasteiger partial charge in [0, 0.05) is 12.2 Å². The minimum Gasteiger partial charge on any atom is -0.459 e. The first kappa shape index (κ1) is 19.8. The predicted octanol–water partition coefficient (Wildman–Crippen LogP) is 3.13. The van der Waals surface area contributed by atoms with Crippen LogP contribution in [0.2, 0.25) is 0 Å². The van der Waals surface area contributed by atoms with E-state index in [1.54, 1.807) is 12.1 Å². The molecule has 0 atom stereocenters. The second kappa shape index (κ2) is 9.76. The zero-order valence-corrected chi connectivity index (χ0v) is 15.7. The molecule has 1 heterocycles. The number of furan rings is 1. The van der Waals surface area contributed by atoms with Crippen molar-refractivity contribution in [3.63, 3.8) is 0 Å². The summed E-state index contributed by atoms with van der Waals surface area (Å²) in [4.78, 5) is 16.1. The lowest BCUT2D eigenvalue weighted by atomic mass is 10.2. The van der Waals surface area contributed by atoms with Gasteiger partial charge in [0.05, 0.1) is 12.8 Å². The molecule has 0 aliphatic rings. The SMILES string of the molecule is C=C(C)CNC(N)=NCc1ccc(NC(=O)c2ccco2)cc1.I. The molecule has 1 aromatic heterocycles. The first-order chi connectivity index (χ1) is 11.0. The van der Waals surface area contributed by atoms with Crippen molar-refractivity contribution in [2.24, 2.45) is 10.7 Å². The number of nitrogens with zero attached hydrogens (tertiary/aromatic N) is 1. The fourth-order valence-electron chi connectivity index (χ4n) is 1.77. The molecule has 0 unspecified atom stereocenters. The second-order valence-electron chi connectivity index (χ2n) is 5.14. The molecule has 1 aromatic carbocycles. The van der Waals surface area contributed by atoms with E-state index in [0.717, 1.165) is 11.1 Å². The van der Waals surface area contributed by atoms with Crippen LogP contribution in [-0.2, 0) is 6.54 Å². The van der Waals surface area contributed by atoms with E-state index in [1.165, 1.54) is 6.26 Å². The minimum absolute atomic E-state index is 0. The Morgan fingerprint density at radius 2 is 2.00 bits per heavy atom. The summed E-state index contributed by atoms with van der Waals surface area (Å²) in [7, 11) is 0. The highest BCUT2D eigenvalue weighted by molar-refractivity contribution is 14.0. The number of nitrogens with two attached hydrogens (primary N) is 1. The van der Waals surface area contributed by atoms with Gasteiger partial charge >= 0.3 is 0 Å². The van der Waals surface area contributed by atoms with Gasteiger partial charge in [-0.2, -0.15) is 0 Å². The topological polar surface area (TPSA) is 92.6 Å². The van der Waals surface area contributed by atoms with Crippen LogP contribution in [0.4, 0.5) is 5.69 Å². The average molecular weight is 440 g/mol. The van der Waals surface area contributed by atoms with Crippen molar-refractivity contribution in [2.75, 3.05) is 11.9 Å². The van der Waals surface area contributed by atoms with Gasteiger partial charge in [0.1, 0.15) is 0 Å². The smallest absolute Gasteiger partial charge is 0.291 e. The molecule has 128 valence electrons. The van der Waals surface area contributed by atoms with Crippen molar-refractivity contribution in [3.05, 3.63) is 66.1 Å². The third kappa shape index (κ3) is 6.45. The third-order valence-corrected chi connectivity index (χ3v) is 2.96. The van der Waals surface area contributed by atoms with E-state index < -0.39 is 0 Å². The Morgan fingerprint density at radius 1 is 1.29 bits per heavy atom. The van der Waals surface area contributed by atoms with Crippen LogP contribution in [0.25, 0.3) is 0 Å². The van der Waals surface area contributed by atoms with Gasteiger partial charge < -0.3 is 20.8 Å². The van der Waals surface area contributed by atoms with Crippen LogP contribution >= 0.6 is 24.0 Å².